The summed E-state index contributed by atoms with van der Waals surface area (Å²) in [7, 11) is 0. The van der Waals surface area contributed by atoms with Crippen molar-refractivity contribution in [3.05, 3.63) is 64.9 Å². The minimum atomic E-state index is -0.237. The lowest BCUT2D eigenvalue weighted by Gasteiger charge is -2.19. The summed E-state index contributed by atoms with van der Waals surface area (Å²) in [4.78, 5) is 0. The fourth-order valence-corrected chi connectivity index (χ4v) is 2.23. The zero-order chi connectivity index (χ0) is 15.1. The molecule has 0 aromatic heterocycles. The van der Waals surface area contributed by atoms with Gasteiger partial charge in [0.05, 0.1) is 6.04 Å². The van der Waals surface area contributed by atoms with Gasteiger partial charge in [0.15, 0.2) is 0 Å². The van der Waals surface area contributed by atoms with Gasteiger partial charge in [-0.05, 0) is 48.9 Å². The van der Waals surface area contributed by atoms with E-state index >= 15 is 0 Å². The standard InChI is InChI=1S/C17H19ClFNO/c1-2-9-20-17(13-5-3-7-15(19)10-13)12-21-16-8-4-6-14(18)11-16/h3-8,10-11,17,20H,2,9,12H2,1H3. The Morgan fingerprint density at radius 2 is 2.00 bits per heavy atom. The van der Waals surface area contributed by atoms with E-state index in [4.69, 9.17) is 16.3 Å². The number of halogens is 2. The molecule has 0 saturated carbocycles. The number of rotatable bonds is 7. The van der Waals surface area contributed by atoms with Crippen LogP contribution in [0.25, 0.3) is 0 Å². The van der Waals surface area contributed by atoms with Crippen molar-refractivity contribution in [1.82, 2.24) is 5.32 Å². The molecule has 1 N–H and O–H groups in total. The molecule has 0 aliphatic carbocycles. The number of hydrogen-bond donors (Lipinski definition) is 1. The average molecular weight is 308 g/mol. The molecule has 4 heteroatoms. The maximum Gasteiger partial charge on any atom is 0.123 e. The second kappa shape index (κ2) is 8.01. The molecule has 0 aliphatic heterocycles. The third-order valence-electron chi connectivity index (χ3n) is 3.10. The van der Waals surface area contributed by atoms with Crippen LogP contribution >= 0.6 is 11.6 Å². The van der Waals surface area contributed by atoms with Crippen molar-refractivity contribution >= 4 is 11.6 Å². The van der Waals surface area contributed by atoms with Crippen LogP contribution in [0.4, 0.5) is 4.39 Å². The van der Waals surface area contributed by atoms with Crippen molar-refractivity contribution in [2.75, 3.05) is 13.2 Å². The van der Waals surface area contributed by atoms with Gasteiger partial charge in [0, 0.05) is 5.02 Å². The highest BCUT2D eigenvalue weighted by Crippen LogP contribution is 2.20. The summed E-state index contributed by atoms with van der Waals surface area (Å²) >= 11 is 5.94. The van der Waals surface area contributed by atoms with E-state index in [0.29, 0.717) is 17.4 Å². The maximum absolute atomic E-state index is 13.4. The van der Waals surface area contributed by atoms with Crippen molar-refractivity contribution in [2.24, 2.45) is 0 Å². The molecule has 2 aromatic carbocycles. The molecule has 1 unspecified atom stereocenters. The first-order chi connectivity index (χ1) is 10.2. The van der Waals surface area contributed by atoms with E-state index < -0.39 is 0 Å². The normalized spacial score (nSPS) is 12.1. The van der Waals surface area contributed by atoms with Gasteiger partial charge in [-0.15, -0.1) is 0 Å². The summed E-state index contributed by atoms with van der Waals surface area (Å²) in [5, 5.41) is 4.01. The van der Waals surface area contributed by atoms with Crippen LogP contribution in [0, 0.1) is 5.82 Å². The van der Waals surface area contributed by atoms with Gasteiger partial charge in [-0.25, -0.2) is 4.39 Å². The molecule has 112 valence electrons. The van der Waals surface area contributed by atoms with E-state index in [0.717, 1.165) is 18.5 Å². The van der Waals surface area contributed by atoms with Crippen molar-refractivity contribution in [3.8, 4) is 5.75 Å². The zero-order valence-corrected chi connectivity index (χ0v) is 12.7. The fraction of sp³-hybridized carbons (Fsp3) is 0.294. The highest BCUT2D eigenvalue weighted by Gasteiger charge is 2.12. The Kier molecular flexibility index (Phi) is 6.03. The average Bonchev–Trinajstić information content (AvgIpc) is 2.47. The Labute approximate surface area is 129 Å². The lowest BCUT2D eigenvalue weighted by atomic mass is 10.1. The van der Waals surface area contributed by atoms with Gasteiger partial charge in [0.1, 0.15) is 18.2 Å². The summed E-state index contributed by atoms with van der Waals surface area (Å²) < 4.78 is 19.2. The van der Waals surface area contributed by atoms with Gasteiger partial charge in [0.2, 0.25) is 0 Å². The van der Waals surface area contributed by atoms with E-state index in [-0.39, 0.29) is 11.9 Å². The van der Waals surface area contributed by atoms with Crippen molar-refractivity contribution in [3.63, 3.8) is 0 Å². The van der Waals surface area contributed by atoms with Gasteiger partial charge < -0.3 is 10.1 Å². The highest BCUT2D eigenvalue weighted by molar-refractivity contribution is 6.30. The molecule has 1 atom stereocenters. The van der Waals surface area contributed by atoms with E-state index in [2.05, 4.69) is 12.2 Å². The first-order valence-corrected chi connectivity index (χ1v) is 7.44. The molecule has 0 bridgehead atoms. The molecule has 0 spiro atoms. The lowest BCUT2D eigenvalue weighted by molar-refractivity contribution is 0.266. The van der Waals surface area contributed by atoms with Crippen LogP contribution in [0.3, 0.4) is 0 Å². The van der Waals surface area contributed by atoms with E-state index in [9.17, 15) is 4.39 Å². The van der Waals surface area contributed by atoms with E-state index in [1.807, 2.05) is 18.2 Å². The summed E-state index contributed by atoms with van der Waals surface area (Å²) in [5.74, 6) is 0.473. The SMILES string of the molecule is CCCNC(COc1cccc(Cl)c1)c1cccc(F)c1. The van der Waals surface area contributed by atoms with Crippen LogP contribution in [0.2, 0.25) is 5.02 Å². The Hall–Kier alpha value is -1.58. The second-order valence-electron chi connectivity index (χ2n) is 4.83. The van der Waals surface area contributed by atoms with Gasteiger partial charge in [-0.2, -0.15) is 0 Å². The first-order valence-electron chi connectivity index (χ1n) is 7.06. The minimum absolute atomic E-state index is 0.0559. The summed E-state index contributed by atoms with van der Waals surface area (Å²) in [6.45, 7) is 3.36. The molecular formula is C17H19ClFNO. The summed E-state index contributed by atoms with van der Waals surface area (Å²) in [6.07, 6.45) is 1.00. The second-order valence-corrected chi connectivity index (χ2v) is 5.27. The molecule has 0 radical (unpaired) electrons. The molecule has 0 aliphatic rings. The van der Waals surface area contributed by atoms with Crippen LogP contribution in [-0.4, -0.2) is 13.2 Å². The monoisotopic (exact) mass is 307 g/mol. The molecule has 2 rings (SSSR count). The van der Waals surface area contributed by atoms with Crippen LogP contribution in [-0.2, 0) is 0 Å². The maximum atomic E-state index is 13.4. The van der Waals surface area contributed by atoms with Crippen LogP contribution in [0.15, 0.2) is 48.5 Å². The summed E-state index contributed by atoms with van der Waals surface area (Å²) in [6, 6.07) is 13.8. The van der Waals surface area contributed by atoms with Gasteiger partial charge in [-0.3, -0.25) is 0 Å². The van der Waals surface area contributed by atoms with Gasteiger partial charge >= 0.3 is 0 Å². The van der Waals surface area contributed by atoms with Crippen LogP contribution in [0.5, 0.6) is 5.75 Å². The largest absolute Gasteiger partial charge is 0.492 e. The molecule has 21 heavy (non-hydrogen) atoms. The van der Waals surface area contributed by atoms with Gasteiger partial charge in [0.25, 0.3) is 0 Å². The highest BCUT2D eigenvalue weighted by atomic mass is 35.5. The van der Waals surface area contributed by atoms with Crippen molar-refractivity contribution in [1.29, 1.82) is 0 Å². The molecule has 0 saturated heterocycles. The summed E-state index contributed by atoms with van der Waals surface area (Å²) in [5.41, 5.74) is 0.880. The molecule has 2 aromatic rings. The minimum Gasteiger partial charge on any atom is -0.492 e. The molecular weight excluding hydrogens is 289 g/mol. The molecule has 0 amide bonds. The molecule has 0 fully saturated rings. The zero-order valence-electron chi connectivity index (χ0n) is 12.0. The fourth-order valence-electron chi connectivity index (χ4n) is 2.05. The van der Waals surface area contributed by atoms with E-state index in [1.54, 1.807) is 18.2 Å². The number of ether oxygens (including phenoxy) is 1. The van der Waals surface area contributed by atoms with Crippen molar-refractivity contribution in [2.45, 2.75) is 19.4 Å². The van der Waals surface area contributed by atoms with Crippen LogP contribution < -0.4 is 10.1 Å². The topological polar surface area (TPSA) is 21.3 Å². The third kappa shape index (κ3) is 5.03. The van der Waals surface area contributed by atoms with E-state index in [1.165, 1.54) is 12.1 Å². The third-order valence-corrected chi connectivity index (χ3v) is 3.34. The first kappa shape index (κ1) is 15.8. The number of hydrogen-bond acceptors (Lipinski definition) is 2. The molecule has 2 nitrogen and oxygen atoms in total. The Morgan fingerprint density at radius 3 is 2.71 bits per heavy atom. The number of nitrogens with one attached hydrogen (secondary N) is 1. The predicted molar refractivity (Wildman–Crippen MR) is 84.4 cm³/mol. The number of benzene rings is 2. The van der Waals surface area contributed by atoms with Crippen LogP contribution in [0.1, 0.15) is 24.9 Å². The Morgan fingerprint density at radius 1 is 1.19 bits per heavy atom. The Bertz CT molecular complexity index is 576. The Balaban J connectivity index is 2.06. The van der Waals surface area contributed by atoms with Crippen molar-refractivity contribution < 1.29 is 9.13 Å². The quantitative estimate of drug-likeness (QED) is 0.807. The van der Waals surface area contributed by atoms with Gasteiger partial charge in [-0.1, -0.05) is 36.7 Å². The predicted octanol–water partition coefficient (Wildman–Crippen LogP) is 4.60. The smallest absolute Gasteiger partial charge is 0.123 e. The lowest BCUT2D eigenvalue weighted by Crippen LogP contribution is -2.27. The molecule has 0 heterocycles.